The Hall–Kier alpha value is -0.290. The molecule has 1 rings (SSSR count). The van der Waals surface area contributed by atoms with Crippen LogP contribution in [0, 0.1) is 0 Å². The summed E-state index contributed by atoms with van der Waals surface area (Å²) in [4.78, 5) is 0. The van der Waals surface area contributed by atoms with E-state index in [2.05, 4.69) is 0 Å². The third kappa shape index (κ3) is 5.73. The molecule has 17 heavy (non-hydrogen) atoms. The molecule has 96 valence electrons. The van der Waals surface area contributed by atoms with Crippen LogP contribution in [-0.4, -0.2) is 25.5 Å². The standard InChI is InChI=1S/C11H14Cl2O3S/c1-17(15,16)4-2-3-11(14)8-5-9(12)7-10(13)6-8/h5-7,11,14H,2-4H2,1H3. The van der Waals surface area contributed by atoms with Gasteiger partial charge in [0.2, 0.25) is 0 Å². The SMILES string of the molecule is CS(=O)(=O)CCCC(O)c1cc(Cl)cc(Cl)c1. The summed E-state index contributed by atoms with van der Waals surface area (Å²) in [6, 6.07) is 4.83. The first-order valence-electron chi connectivity index (χ1n) is 5.10. The average molecular weight is 297 g/mol. The minimum atomic E-state index is -2.98. The number of benzene rings is 1. The van der Waals surface area contributed by atoms with Crippen LogP contribution in [0.3, 0.4) is 0 Å². The summed E-state index contributed by atoms with van der Waals surface area (Å²) in [6.45, 7) is 0. The van der Waals surface area contributed by atoms with Crippen molar-refractivity contribution < 1.29 is 13.5 Å². The van der Waals surface area contributed by atoms with Gasteiger partial charge in [-0.3, -0.25) is 0 Å². The van der Waals surface area contributed by atoms with Crippen molar-refractivity contribution in [2.75, 3.05) is 12.0 Å². The lowest BCUT2D eigenvalue weighted by Crippen LogP contribution is -2.05. The van der Waals surface area contributed by atoms with Crippen LogP contribution < -0.4 is 0 Å². The summed E-state index contributed by atoms with van der Waals surface area (Å²) < 4.78 is 21.9. The minimum absolute atomic E-state index is 0.0678. The van der Waals surface area contributed by atoms with Gasteiger partial charge in [-0.05, 0) is 36.6 Å². The first-order valence-corrected chi connectivity index (χ1v) is 7.91. The Morgan fingerprint density at radius 1 is 1.24 bits per heavy atom. The quantitative estimate of drug-likeness (QED) is 0.909. The van der Waals surface area contributed by atoms with Crippen LogP contribution in [0.25, 0.3) is 0 Å². The molecule has 0 saturated heterocycles. The Kier molecular flexibility index (Phi) is 5.25. The van der Waals surface area contributed by atoms with E-state index in [0.29, 0.717) is 28.5 Å². The topological polar surface area (TPSA) is 54.4 Å². The van der Waals surface area contributed by atoms with Gasteiger partial charge in [-0.25, -0.2) is 8.42 Å². The molecule has 1 aromatic carbocycles. The molecule has 0 radical (unpaired) electrons. The molecule has 0 heterocycles. The molecule has 1 unspecified atom stereocenters. The summed E-state index contributed by atoms with van der Waals surface area (Å²) in [5.41, 5.74) is 0.607. The molecule has 1 aromatic rings. The van der Waals surface area contributed by atoms with Gasteiger partial charge < -0.3 is 5.11 Å². The first kappa shape index (κ1) is 14.8. The average Bonchev–Trinajstić information content (AvgIpc) is 2.13. The van der Waals surface area contributed by atoms with Crippen molar-refractivity contribution in [1.29, 1.82) is 0 Å². The van der Waals surface area contributed by atoms with Gasteiger partial charge in [-0.2, -0.15) is 0 Å². The predicted octanol–water partition coefficient (Wildman–Crippen LogP) is 2.85. The highest BCUT2D eigenvalue weighted by Crippen LogP contribution is 2.25. The zero-order valence-electron chi connectivity index (χ0n) is 9.36. The fraction of sp³-hybridized carbons (Fsp3) is 0.455. The number of hydrogen-bond donors (Lipinski definition) is 1. The number of aliphatic hydroxyl groups excluding tert-OH is 1. The second kappa shape index (κ2) is 6.05. The maximum absolute atomic E-state index is 10.9. The summed E-state index contributed by atoms with van der Waals surface area (Å²) in [7, 11) is -2.98. The lowest BCUT2D eigenvalue weighted by molar-refractivity contribution is 0.166. The van der Waals surface area contributed by atoms with E-state index in [4.69, 9.17) is 23.2 Å². The fourth-order valence-corrected chi connectivity index (χ4v) is 2.71. The van der Waals surface area contributed by atoms with Gasteiger partial charge in [0, 0.05) is 22.1 Å². The highest BCUT2D eigenvalue weighted by Gasteiger charge is 2.11. The van der Waals surface area contributed by atoms with E-state index >= 15 is 0 Å². The van der Waals surface area contributed by atoms with E-state index in [1.54, 1.807) is 18.2 Å². The largest absolute Gasteiger partial charge is 0.388 e. The van der Waals surface area contributed by atoms with Gasteiger partial charge in [0.15, 0.2) is 0 Å². The predicted molar refractivity (Wildman–Crippen MR) is 70.4 cm³/mol. The van der Waals surface area contributed by atoms with Crippen LogP contribution >= 0.6 is 23.2 Å². The van der Waals surface area contributed by atoms with Crippen molar-refractivity contribution in [1.82, 2.24) is 0 Å². The van der Waals surface area contributed by atoms with E-state index < -0.39 is 15.9 Å². The van der Waals surface area contributed by atoms with E-state index in [1.807, 2.05) is 0 Å². The summed E-state index contributed by atoms with van der Waals surface area (Å²) in [5, 5.41) is 10.8. The fourth-order valence-electron chi connectivity index (χ4n) is 1.47. The molecule has 0 fully saturated rings. The lowest BCUT2D eigenvalue weighted by Gasteiger charge is -2.11. The van der Waals surface area contributed by atoms with Crippen molar-refractivity contribution in [3.05, 3.63) is 33.8 Å². The van der Waals surface area contributed by atoms with Gasteiger partial charge in [0.05, 0.1) is 6.10 Å². The molecular formula is C11H14Cl2O3S. The van der Waals surface area contributed by atoms with Crippen LogP contribution in [0.1, 0.15) is 24.5 Å². The molecule has 0 saturated carbocycles. The molecule has 0 aliphatic carbocycles. The molecule has 1 atom stereocenters. The molecule has 3 nitrogen and oxygen atoms in total. The number of halogens is 2. The number of aliphatic hydroxyl groups is 1. The van der Waals surface area contributed by atoms with Crippen LogP contribution in [-0.2, 0) is 9.84 Å². The van der Waals surface area contributed by atoms with Crippen molar-refractivity contribution in [3.8, 4) is 0 Å². The molecule has 0 aromatic heterocycles. The van der Waals surface area contributed by atoms with Crippen molar-refractivity contribution in [2.24, 2.45) is 0 Å². The zero-order chi connectivity index (χ0) is 13.1. The Balaban J connectivity index is 2.61. The molecule has 1 N–H and O–H groups in total. The summed E-state index contributed by atoms with van der Waals surface area (Å²) >= 11 is 11.6. The highest BCUT2D eigenvalue weighted by atomic mass is 35.5. The van der Waals surface area contributed by atoms with Crippen LogP contribution in [0.4, 0.5) is 0 Å². The summed E-state index contributed by atoms with van der Waals surface area (Å²) in [5.74, 6) is 0.0678. The first-order chi connectivity index (χ1) is 7.78. The Bertz CT molecular complexity index is 465. The Morgan fingerprint density at radius 2 is 1.76 bits per heavy atom. The van der Waals surface area contributed by atoms with Crippen molar-refractivity contribution >= 4 is 33.0 Å². The van der Waals surface area contributed by atoms with Gasteiger partial charge in [-0.15, -0.1) is 0 Å². The number of hydrogen-bond acceptors (Lipinski definition) is 3. The zero-order valence-corrected chi connectivity index (χ0v) is 11.7. The van der Waals surface area contributed by atoms with Gasteiger partial charge in [0.1, 0.15) is 9.84 Å². The third-order valence-corrected chi connectivity index (χ3v) is 3.73. The Labute approximate surface area is 111 Å². The Morgan fingerprint density at radius 3 is 2.24 bits per heavy atom. The van der Waals surface area contributed by atoms with Gasteiger partial charge in [0.25, 0.3) is 0 Å². The monoisotopic (exact) mass is 296 g/mol. The molecule has 0 spiro atoms. The maximum atomic E-state index is 10.9. The van der Waals surface area contributed by atoms with Crippen LogP contribution in [0.2, 0.25) is 10.0 Å². The van der Waals surface area contributed by atoms with Gasteiger partial charge >= 0.3 is 0 Å². The molecular weight excluding hydrogens is 283 g/mol. The minimum Gasteiger partial charge on any atom is -0.388 e. The van der Waals surface area contributed by atoms with E-state index in [-0.39, 0.29) is 5.75 Å². The molecule has 0 amide bonds. The second-order valence-electron chi connectivity index (χ2n) is 3.99. The lowest BCUT2D eigenvalue weighted by atomic mass is 10.1. The van der Waals surface area contributed by atoms with Crippen molar-refractivity contribution in [3.63, 3.8) is 0 Å². The highest BCUT2D eigenvalue weighted by molar-refractivity contribution is 7.90. The van der Waals surface area contributed by atoms with E-state index in [0.717, 1.165) is 0 Å². The van der Waals surface area contributed by atoms with Crippen molar-refractivity contribution in [2.45, 2.75) is 18.9 Å². The summed E-state index contributed by atoms with van der Waals surface area (Å²) in [6.07, 6.45) is 1.21. The van der Waals surface area contributed by atoms with Gasteiger partial charge in [-0.1, -0.05) is 23.2 Å². The maximum Gasteiger partial charge on any atom is 0.147 e. The normalized spacial score (nSPS) is 13.6. The van der Waals surface area contributed by atoms with E-state index in [1.165, 1.54) is 6.26 Å². The molecule has 0 bridgehead atoms. The molecule has 6 heteroatoms. The number of sulfone groups is 1. The van der Waals surface area contributed by atoms with Crippen LogP contribution in [0.5, 0.6) is 0 Å². The molecule has 0 aliphatic heterocycles. The second-order valence-corrected chi connectivity index (χ2v) is 7.12. The third-order valence-electron chi connectivity index (χ3n) is 2.26. The van der Waals surface area contributed by atoms with Crippen LogP contribution in [0.15, 0.2) is 18.2 Å². The van der Waals surface area contributed by atoms with E-state index in [9.17, 15) is 13.5 Å². The number of rotatable bonds is 5. The smallest absolute Gasteiger partial charge is 0.147 e. The molecule has 0 aliphatic rings.